The highest BCUT2D eigenvalue weighted by atomic mass is 16.6. The van der Waals surface area contributed by atoms with Crippen LogP contribution in [0.4, 0.5) is 9.59 Å². The predicted octanol–water partition coefficient (Wildman–Crippen LogP) is 3.93. The Morgan fingerprint density at radius 1 is 0.900 bits per heavy atom. The highest BCUT2D eigenvalue weighted by molar-refractivity contribution is 5.91. The summed E-state index contributed by atoms with van der Waals surface area (Å²) in [4.78, 5) is 51.8. The number of alkyl carbamates (subject to hydrolysis) is 1. The van der Waals surface area contributed by atoms with E-state index < -0.39 is 48.7 Å². The van der Waals surface area contributed by atoms with Crippen LogP contribution in [0.25, 0.3) is 11.1 Å². The first-order valence-electron chi connectivity index (χ1n) is 12.7. The lowest BCUT2D eigenvalue weighted by Gasteiger charge is -2.27. The average Bonchev–Trinajstić information content (AvgIpc) is 3.52. The van der Waals surface area contributed by atoms with E-state index >= 15 is 0 Å². The van der Waals surface area contributed by atoms with E-state index in [-0.39, 0.29) is 19.1 Å². The molecule has 0 aromatic heterocycles. The molecule has 1 aliphatic carbocycles. The van der Waals surface area contributed by atoms with E-state index in [0.717, 1.165) is 34.3 Å². The second-order valence-corrected chi connectivity index (χ2v) is 9.75. The Morgan fingerprint density at radius 3 is 2.10 bits per heavy atom. The molecule has 206 valence electrons. The van der Waals surface area contributed by atoms with Gasteiger partial charge in [0.2, 0.25) is 0 Å². The van der Waals surface area contributed by atoms with Crippen molar-refractivity contribution in [2.75, 3.05) is 20.3 Å². The molecular formula is C30H28N2O8. The lowest BCUT2D eigenvalue weighted by Crippen LogP contribution is -2.57. The van der Waals surface area contributed by atoms with Crippen LogP contribution in [0.3, 0.4) is 0 Å². The summed E-state index contributed by atoms with van der Waals surface area (Å²) in [6.07, 6.45) is -2.29. The SMILES string of the molecule is COC(=O)[C@@]1(NC(=O)OCC2c3ccccc3-c3ccccc32)C[C@H](C(=O)O)N(C(=O)OCc2ccccc2)C1. The molecule has 2 aliphatic rings. The summed E-state index contributed by atoms with van der Waals surface area (Å²) >= 11 is 0. The van der Waals surface area contributed by atoms with Crippen molar-refractivity contribution in [3.05, 3.63) is 95.6 Å². The van der Waals surface area contributed by atoms with Gasteiger partial charge in [-0.1, -0.05) is 78.9 Å². The van der Waals surface area contributed by atoms with Crippen molar-refractivity contribution in [2.45, 2.75) is 30.5 Å². The fourth-order valence-electron chi connectivity index (χ4n) is 5.44. The number of aliphatic carboxylic acids is 1. The van der Waals surface area contributed by atoms with E-state index in [1.807, 2.05) is 54.6 Å². The van der Waals surface area contributed by atoms with Crippen LogP contribution >= 0.6 is 0 Å². The Kier molecular flexibility index (Phi) is 7.41. The van der Waals surface area contributed by atoms with Gasteiger partial charge in [0.1, 0.15) is 19.3 Å². The molecule has 3 aromatic rings. The van der Waals surface area contributed by atoms with Crippen molar-refractivity contribution in [3.63, 3.8) is 0 Å². The maximum atomic E-state index is 13.0. The fraction of sp³-hybridized carbons (Fsp3) is 0.267. The van der Waals surface area contributed by atoms with Crippen LogP contribution in [0.2, 0.25) is 0 Å². The molecule has 2 amide bonds. The van der Waals surface area contributed by atoms with Gasteiger partial charge in [0.25, 0.3) is 0 Å². The number of likely N-dealkylation sites (tertiary alicyclic amines) is 1. The van der Waals surface area contributed by atoms with Gasteiger partial charge in [0.15, 0.2) is 5.54 Å². The van der Waals surface area contributed by atoms with Gasteiger partial charge >= 0.3 is 24.1 Å². The molecule has 10 nitrogen and oxygen atoms in total. The van der Waals surface area contributed by atoms with Crippen LogP contribution in [-0.4, -0.2) is 66.0 Å². The van der Waals surface area contributed by atoms with Crippen LogP contribution in [0.15, 0.2) is 78.9 Å². The number of hydrogen-bond donors (Lipinski definition) is 2. The number of amides is 2. The third kappa shape index (κ3) is 5.07. The zero-order chi connectivity index (χ0) is 28.3. The topological polar surface area (TPSA) is 131 Å². The number of nitrogens with zero attached hydrogens (tertiary/aromatic N) is 1. The molecular weight excluding hydrogens is 516 g/mol. The first-order chi connectivity index (χ1) is 19.3. The van der Waals surface area contributed by atoms with E-state index in [0.29, 0.717) is 5.56 Å². The molecule has 1 heterocycles. The minimum absolute atomic E-state index is 0.0116. The van der Waals surface area contributed by atoms with E-state index in [1.54, 1.807) is 24.3 Å². The number of carbonyl (C=O) groups is 4. The van der Waals surface area contributed by atoms with Crippen molar-refractivity contribution in [2.24, 2.45) is 0 Å². The standard InChI is InChI=1S/C30H28N2O8/c1-38-27(35)30(15-25(26(33)34)32(18-30)29(37)40-16-19-9-3-2-4-10-19)31-28(36)39-17-24-22-13-7-5-11-20(22)21-12-6-8-14-23(21)24/h2-14,24-25H,15-18H2,1H3,(H,31,36)(H,33,34)/t25-,30-/m1/s1. The summed E-state index contributed by atoms with van der Waals surface area (Å²) in [5, 5.41) is 12.3. The number of carboxylic acid groups (broad SMARTS) is 1. The zero-order valence-corrected chi connectivity index (χ0v) is 21.7. The molecule has 0 unspecified atom stereocenters. The number of hydrogen-bond acceptors (Lipinski definition) is 7. The van der Waals surface area contributed by atoms with Gasteiger partial charge < -0.3 is 24.6 Å². The summed E-state index contributed by atoms with van der Waals surface area (Å²) in [7, 11) is 1.12. The minimum atomic E-state index is -1.84. The second kappa shape index (κ2) is 11.1. The van der Waals surface area contributed by atoms with Crippen molar-refractivity contribution >= 4 is 24.1 Å². The molecule has 2 atom stereocenters. The third-order valence-corrected chi connectivity index (χ3v) is 7.34. The first-order valence-corrected chi connectivity index (χ1v) is 12.7. The predicted molar refractivity (Wildman–Crippen MR) is 142 cm³/mol. The maximum Gasteiger partial charge on any atom is 0.410 e. The largest absolute Gasteiger partial charge is 0.480 e. The molecule has 0 saturated carbocycles. The van der Waals surface area contributed by atoms with Crippen molar-refractivity contribution in [1.29, 1.82) is 0 Å². The van der Waals surface area contributed by atoms with Gasteiger partial charge in [0, 0.05) is 12.3 Å². The normalized spacial score (nSPS) is 19.3. The zero-order valence-electron chi connectivity index (χ0n) is 21.7. The van der Waals surface area contributed by atoms with E-state index in [1.165, 1.54) is 0 Å². The van der Waals surface area contributed by atoms with Crippen LogP contribution < -0.4 is 5.32 Å². The number of carboxylic acids is 1. The Labute approximate surface area is 230 Å². The Balaban J connectivity index is 1.30. The Hall–Kier alpha value is -4.86. The average molecular weight is 545 g/mol. The monoisotopic (exact) mass is 544 g/mol. The smallest absolute Gasteiger partial charge is 0.410 e. The van der Waals surface area contributed by atoms with E-state index in [2.05, 4.69) is 5.32 Å². The summed E-state index contributed by atoms with van der Waals surface area (Å²) in [5.74, 6) is -2.46. The highest BCUT2D eigenvalue weighted by Crippen LogP contribution is 2.44. The van der Waals surface area contributed by atoms with Crippen LogP contribution in [0, 0.1) is 0 Å². The van der Waals surface area contributed by atoms with Crippen LogP contribution in [-0.2, 0) is 30.4 Å². The van der Waals surface area contributed by atoms with Crippen LogP contribution in [0.5, 0.6) is 0 Å². The van der Waals surface area contributed by atoms with E-state index in [4.69, 9.17) is 14.2 Å². The van der Waals surface area contributed by atoms with Crippen molar-refractivity contribution in [1.82, 2.24) is 10.2 Å². The van der Waals surface area contributed by atoms with Gasteiger partial charge in [-0.2, -0.15) is 0 Å². The van der Waals surface area contributed by atoms with Gasteiger partial charge in [-0.05, 0) is 27.8 Å². The number of esters is 1. The van der Waals surface area contributed by atoms with Gasteiger partial charge in [0.05, 0.1) is 13.7 Å². The number of benzene rings is 3. The number of carbonyl (C=O) groups excluding carboxylic acids is 3. The summed E-state index contributed by atoms with van der Waals surface area (Å²) in [6, 6.07) is 23.1. The summed E-state index contributed by atoms with van der Waals surface area (Å²) in [6.45, 7) is -0.565. The summed E-state index contributed by atoms with van der Waals surface area (Å²) < 4.78 is 15.8. The molecule has 0 radical (unpaired) electrons. The number of fused-ring (bicyclic) bond motifs is 3. The molecule has 2 N–H and O–H groups in total. The number of rotatable bonds is 7. The van der Waals surface area contributed by atoms with Crippen molar-refractivity contribution in [3.8, 4) is 11.1 Å². The molecule has 3 aromatic carbocycles. The molecule has 1 fully saturated rings. The molecule has 10 heteroatoms. The Bertz CT molecular complexity index is 1400. The minimum Gasteiger partial charge on any atom is -0.480 e. The molecule has 1 aliphatic heterocycles. The summed E-state index contributed by atoms with van der Waals surface area (Å²) in [5.41, 5.74) is 3.01. The number of nitrogens with one attached hydrogen (secondary N) is 1. The van der Waals surface area contributed by atoms with Crippen LogP contribution in [0.1, 0.15) is 29.0 Å². The van der Waals surface area contributed by atoms with Crippen molar-refractivity contribution < 1.29 is 38.5 Å². The first kappa shape index (κ1) is 26.7. The molecule has 40 heavy (non-hydrogen) atoms. The maximum absolute atomic E-state index is 13.0. The molecule has 0 spiro atoms. The number of methoxy groups -OCH3 is 1. The van der Waals surface area contributed by atoms with E-state index in [9.17, 15) is 24.3 Å². The molecule has 5 rings (SSSR count). The molecule has 0 bridgehead atoms. The lowest BCUT2D eigenvalue weighted by molar-refractivity contribution is -0.147. The third-order valence-electron chi connectivity index (χ3n) is 7.34. The molecule has 1 saturated heterocycles. The van der Waals surface area contributed by atoms with Gasteiger partial charge in [-0.15, -0.1) is 0 Å². The fourth-order valence-corrected chi connectivity index (χ4v) is 5.44. The Morgan fingerprint density at radius 2 is 1.50 bits per heavy atom. The van der Waals surface area contributed by atoms with Gasteiger partial charge in [-0.25, -0.2) is 19.2 Å². The second-order valence-electron chi connectivity index (χ2n) is 9.75. The van der Waals surface area contributed by atoms with Gasteiger partial charge in [-0.3, -0.25) is 4.90 Å². The number of ether oxygens (including phenoxy) is 3. The highest BCUT2D eigenvalue weighted by Gasteiger charge is 2.56. The quantitative estimate of drug-likeness (QED) is 0.338. The lowest BCUT2D eigenvalue weighted by atomic mass is 9.96.